The molecule has 1 aromatic rings. The third-order valence-corrected chi connectivity index (χ3v) is 4.50. The van der Waals surface area contributed by atoms with E-state index in [0.29, 0.717) is 34.9 Å². The quantitative estimate of drug-likeness (QED) is 0.837. The van der Waals surface area contributed by atoms with Crippen LogP contribution in [0.15, 0.2) is 18.2 Å². The van der Waals surface area contributed by atoms with Crippen molar-refractivity contribution in [3.05, 3.63) is 23.2 Å². The van der Waals surface area contributed by atoms with Crippen LogP contribution in [-0.4, -0.2) is 29.4 Å². The molecule has 4 nitrogen and oxygen atoms in total. The number of benzene rings is 1. The third kappa shape index (κ3) is 4.35. The van der Waals surface area contributed by atoms with E-state index in [4.69, 9.17) is 17.3 Å². The molecule has 1 amide bonds. The Morgan fingerprint density at radius 2 is 2.05 bits per heavy atom. The molecule has 1 aliphatic rings. The van der Waals surface area contributed by atoms with Crippen molar-refractivity contribution in [1.29, 1.82) is 0 Å². The Kier molecular flexibility index (Phi) is 5.48. The number of hydrogen-bond donors (Lipinski definition) is 2. The first-order valence-electron chi connectivity index (χ1n) is 7.58. The normalized spacial score (nSPS) is 23.0. The predicted molar refractivity (Wildman–Crippen MR) is 88.6 cm³/mol. The van der Waals surface area contributed by atoms with Crippen LogP contribution in [0.3, 0.4) is 0 Å². The smallest absolute Gasteiger partial charge is 0.225 e. The highest BCUT2D eigenvalue weighted by molar-refractivity contribution is 6.31. The van der Waals surface area contributed by atoms with Gasteiger partial charge in [-0.05, 0) is 44.9 Å². The molecular formula is C16H24ClN3O. The fraction of sp³-hybridized carbons (Fsp3) is 0.562. The zero-order chi connectivity index (χ0) is 15.4. The number of halogens is 1. The molecule has 1 heterocycles. The van der Waals surface area contributed by atoms with Gasteiger partial charge in [-0.3, -0.25) is 9.69 Å². The largest absolute Gasteiger partial charge is 0.397 e. The highest BCUT2D eigenvalue weighted by Gasteiger charge is 2.24. The van der Waals surface area contributed by atoms with E-state index in [1.165, 1.54) is 19.3 Å². The van der Waals surface area contributed by atoms with E-state index in [1.54, 1.807) is 18.2 Å². The molecule has 0 aromatic heterocycles. The Balaban J connectivity index is 1.88. The van der Waals surface area contributed by atoms with Crippen LogP contribution in [0.1, 0.15) is 39.5 Å². The van der Waals surface area contributed by atoms with Gasteiger partial charge in [-0.15, -0.1) is 0 Å². The third-order valence-electron chi connectivity index (χ3n) is 4.26. The molecule has 0 bridgehead atoms. The van der Waals surface area contributed by atoms with Crippen LogP contribution in [0, 0.1) is 0 Å². The minimum Gasteiger partial charge on any atom is -0.397 e. The fourth-order valence-electron chi connectivity index (χ4n) is 3.00. The van der Waals surface area contributed by atoms with E-state index >= 15 is 0 Å². The standard InChI is InChI=1S/C16H24ClN3O/c1-11-4-3-5-12(2)20(11)9-8-16(21)19-15-10-13(17)6-7-14(15)18/h6-7,10-12H,3-5,8-9,18H2,1-2H3,(H,19,21). The van der Waals surface area contributed by atoms with E-state index < -0.39 is 0 Å². The van der Waals surface area contributed by atoms with Crippen molar-refractivity contribution in [2.75, 3.05) is 17.6 Å². The second-order valence-corrected chi connectivity index (χ2v) is 6.33. The molecule has 116 valence electrons. The molecule has 0 saturated carbocycles. The number of nitrogens with two attached hydrogens (primary N) is 1. The van der Waals surface area contributed by atoms with E-state index in [1.807, 2.05) is 0 Å². The van der Waals surface area contributed by atoms with Crippen LogP contribution < -0.4 is 11.1 Å². The summed E-state index contributed by atoms with van der Waals surface area (Å²) in [5.74, 6) is -0.0195. The van der Waals surface area contributed by atoms with Crippen LogP contribution in [-0.2, 0) is 4.79 Å². The summed E-state index contributed by atoms with van der Waals surface area (Å²) in [6.45, 7) is 5.26. The van der Waals surface area contributed by atoms with Gasteiger partial charge in [0.05, 0.1) is 11.4 Å². The first kappa shape index (κ1) is 16.1. The highest BCUT2D eigenvalue weighted by atomic mass is 35.5. The molecule has 2 rings (SSSR count). The van der Waals surface area contributed by atoms with Crippen LogP contribution in [0.4, 0.5) is 11.4 Å². The van der Waals surface area contributed by atoms with Gasteiger partial charge in [-0.2, -0.15) is 0 Å². The minimum atomic E-state index is -0.0195. The second kappa shape index (κ2) is 7.14. The molecule has 0 radical (unpaired) electrons. The predicted octanol–water partition coefficient (Wildman–Crippen LogP) is 3.51. The maximum Gasteiger partial charge on any atom is 0.225 e. The minimum absolute atomic E-state index is 0.0195. The summed E-state index contributed by atoms with van der Waals surface area (Å²) < 4.78 is 0. The Hall–Kier alpha value is -1.26. The number of piperidine rings is 1. The number of amides is 1. The maximum atomic E-state index is 12.1. The van der Waals surface area contributed by atoms with Gasteiger partial charge in [-0.1, -0.05) is 18.0 Å². The molecule has 21 heavy (non-hydrogen) atoms. The lowest BCUT2D eigenvalue weighted by Gasteiger charge is -2.38. The number of likely N-dealkylation sites (tertiary alicyclic amines) is 1. The summed E-state index contributed by atoms with van der Waals surface area (Å²) >= 11 is 5.92. The Morgan fingerprint density at radius 3 is 2.71 bits per heavy atom. The molecule has 2 atom stereocenters. The van der Waals surface area contributed by atoms with Crippen molar-refractivity contribution < 1.29 is 4.79 Å². The number of nitrogen functional groups attached to an aromatic ring is 1. The molecule has 0 spiro atoms. The number of hydrogen-bond acceptors (Lipinski definition) is 3. The fourth-order valence-corrected chi connectivity index (χ4v) is 3.17. The average molecular weight is 310 g/mol. The van der Waals surface area contributed by atoms with Gasteiger partial charge >= 0.3 is 0 Å². The van der Waals surface area contributed by atoms with E-state index in [2.05, 4.69) is 24.1 Å². The first-order chi connectivity index (χ1) is 9.97. The summed E-state index contributed by atoms with van der Waals surface area (Å²) in [6.07, 6.45) is 4.19. The molecule has 1 aliphatic heterocycles. The van der Waals surface area contributed by atoms with Gasteiger partial charge in [0.2, 0.25) is 5.91 Å². The van der Waals surface area contributed by atoms with Crippen molar-refractivity contribution >= 4 is 28.9 Å². The molecule has 0 aliphatic carbocycles. The van der Waals surface area contributed by atoms with Crippen LogP contribution in [0.25, 0.3) is 0 Å². The SMILES string of the molecule is CC1CCCC(C)N1CCC(=O)Nc1cc(Cl)ccc1N. The van der Waals surface area contributed by atoms with Crippen molar-refractivity contribution in [2.45, 2.75) is 51.6 Å². The molecular weight excluding hydrogens is 286 g/mol. The van der Waals surface area contributed by atoms with Crippen molar-refractivity contribution in [2.24, 2.45) is 0 Å². The van der Waals surface area contributed by atoms with Gasteiger partial charge in [-0.25, -0.2) is 0 Å². The van der Waals surface area contributed by atoms with Gasteiger partial charge in [0, 0.05) is 30.1 Å². The molecule has 3 N–H and O–H groups in total. The lowest BCUT2D eigenvalue weighted by Crippen LogP contribution is -2.44. The maximum absolute atomic E-state index is 12.1. The van der Waals surface area contributed by atoms with Crippen molar-refractivity contribution in [1.82, 2.24) is 4.90 Å². The highest BCUT2D eigenvalue weighted by Crippen LogP contribution is 2.24. The lowest BCUT2D eigenvalue weighted by molar-refractivity contribution is -0.116. The Morgan fingerprint density at radius 1 is 1.38 bits per heavy atom. The molecule has 1 saturated heterocycles. The summed E-state index contributed by atoms with van der Waals surface area (Å²) in [5.41, 5.74) is 6.96. The summed E-state index contributed by atoms with van der Waals surface area (Å²) in [7, 11) is 0. The molecule has 2 unspecified atom stereocenters. The molecule has 1 aromatic carbocycles. The number of carbonyl (C=O) groups excluding carboxylic acids is 1. The summed E-state index contributed by atoms with van der Waals surface area (Å²) in [4.78, 5) is 14.5. The van der Waals surface area contributed by atoms with Gasteiger partial charge in [0.15, 0.2) is 0 Å². The molecule has 1 fully saturated rings. The van der Waals surface area contributed by atoms with Crippen LogP contribution in [0.2, 0.25) is 5.02 Å². The van der Waals surface area contributed by atoms with E-state index in [9.17, 15) is 4.79 Å². The number of carbonyl (C=O) groups is 1. The zero-order valence-electron chi connectivity index (χ0n) is 12.7. The van der Waals surface area contributed by atoms with Gasteiger partial charge in [0.1, 0.15) is 0 Å². The lowest BCUT2D eigenvalue weighted by atomic mass is 9.97. The van der Waals surface area contributed by atoms with Gasteiger partial charge in [0.25, 0.3) is 0 Å². The second-order valence-electron chi connectivity index (χ2n) is 5.90. The number of rotatable bonds is 4. The number of nitrogens with zero attached hydrogens (tertiary/aromatic N) is 1. The van der Waals surface area contributed by atoms with E-state index in [0.717, 1.165) is 6.54 Å². The number of anilines is 2. The average Bonchev–Trinajstić information content (AvgIpc) is 2.42. The number of nitrogens with one attached hydrogen (secondary N) is 1. The summed E-state index contributed by atoms with van der Waals surface area (Å²) in [5, 5.41) is 3.41. The Labute approximate surface area is 131 Å². The van der Waals surface area contributed by atoms with E-state index in [-0.39, 0.29) is 5.91 Å². The first-order valence-corrected chi connectivity index (χ1v) is 7.96. The topological polar surface area (TPSA) is 58.4 Å². The van der Waals surface area contributed by atoms with Crippen LogP contribution in [0.5, 0.6) is 0 Å². The van der Waals surface area contributed by atoms with Crippen molar-refractivity contribution in [3.8, 4) is 0 Å². The monoisotopic (exact) mass is 309 g/mol. The summed E-state index contributed by atoms with van der Waals surface area (Å²) in [6, 6.07) is 6.20. The molecule has 5 heteroatoms. The van der Waals surface area contributed by atoms with Gasteiger partial charge < -0.3 is 11.1 Å². The van der Waals surface area contributed by atoms with Crippen molar-refractivity contribution in [3.63, 3.8) is 0 Å². The van der Waals surface area contributed by atoms with Crippen LogP contribution >= 0.6 is 11.6 Å². The zero-order valence-corrected chi connectivity index (χ0v) is 13.5. The Bertz CT molecular complexity index is 496.